The molecule has 0 radical (unpaired) electrons. The highest BCUT2D eigenvalue weighted by atomic mass is 19.1. The van der Waals surface area contributed by atoms with Crippen LogP contribution in [0.2, 0.25) is 0 Å². The van der Waals surface area contributed by atoms with Crippen molar-refractivity contribution in [2.75, 3.05) is 0 Å². The van der Waals surface area contributed by atoms with Crippen molar-refractivity contribution in [1.29, 1.82) is 0 Å². The highest BCUT2D eigenvalue weighted by Gasteiger charge is 2.27. The number of carbonyl (C=O) groups excluding carboxylic acids is 1. The number of nitrogens with zero attached hydrogens (tertiary/aromatic N) is 4. The van der Waals surface area contributed by atoms with E-state index >= 15 is 0 Å². The first kappa shape index (κ1) is 17.3. The van der Waals surface area contributed by atoms with Gasteiger partial charge in [0.15, 0.2) is 5.69 Å². The van der Waals surface area contributed by atoms with Crippen molar-refractivity contribution in [3.63, 3.8) is 0 Å². The van der Waals surface area contributed by atoms with Crippen molar-refractivity contribution in [2.45, 2.75) is 37.8 Å². The lowest BCUT2D eigenvalue weighted by molar-refractivity contribution is 0.0932. The Hall–Kier alpha value is -3.09. The molecule has 1 aliphatic rings. The van der Waals surface area contributed by atoms with E-state index in [2.05, 4.69) is 20.6 Å². The third-order valence-electron chi connectivity index (χ3n) is 4.93. The summed E-state index contributed by atoms with van der Waals surface area (Å²) in [5.74, 6) is -0.0989. The fourth-order valence-electron chi connectivity index (χ4n) is 3.55. The van der Waals surface area contributed by atoms with Crippen LogP contribution in [-0.2, 0) is 6.54 Å². The number of rotatable bonds is 5. The monoisotopic (exact) mass is 365 g/mol. The molecule has 0 saturated heterocycles. The van der Waals surface area contributed by atoms with Crippen molar-refractivity contribution in [3.8, 4) is 0 Å². The molecule has 3 aromatic rings. The minimum Gasteiger partial charge on any atom is -0.348 e. The number of carbonyl (C=O) groups is 1. The number of hydrogen-bond donors (Lipinski definition) is 1. The van der Waals surface area contributed by atoms with Gasteiger partial charge >= 0.3 is 0 Å². The summed E-state index contributed by atoms with van der Waals surface area (Å²) in [6, 6.07) is 12.4. The van der Waals surface area contributed by atoms with Crippen LogP contribution < -0.4 is 5.32 Å². The predicted molar refractivity (Wildman–Crippen MR) is 97.6 cm³/mol. The van der Waals surface area contributed by atoms with E-state index in [1.54, 1.807) is 17.1 Å². The third kappa shape index (κ3) is 4.19. The molecule has 0 aliphatic heterocycles. The molecular weight excluding hydrogens is 345 g/mol. The molecule has 1 aliphatic carbocycles. The molecule has 1 saturated carbocycles. The highest BCUT2D eigenvalue weighted by molar-refractivity contribution is 5.92. The van der Waals surface area contributed by atoms with Crippen LogP contribution in [0.5, 0.6) is 0 Å². The van der Waals surface area contributed by atoms with E-state index < -0.39 is 0 Å². The molecule has 7 heteroatoms. The van der Waals surface area contributed by atoms with E-state index in [1.807, 2.05) is 30.3 Å². The summed E-state index contributed by atoms with van der Waals surface area (Å²) >= 11 is 0. The largest absolute Gasteiger partial charge is 0.348 e. The molecule has 2 heterocycles. The number of benzene rings is 1. The van der Waals surface area contributed by atoms with Gasteiger partial charge in [0, 0.05) is 12.2 Å². The molecule has 27 heavy (non-hydrogen) atoms. The summed E-state index contributed by atoms with van der Waals surface area (Å²) in [4.78, 5) is 16.7. The Balaban J connectivity index is 1.34. The van der Waals surface area contributed by atoms with Gasteiger partial charge in [0.1, 0.15) is 5.82 Å². The second-order valence-electron chi connectivity index (χ2n) is 6.85. The minimum atomic E-state index is -0.226. The van der Waals surface area contributed by atoms with E-state index in [-0.39, 0.29) is 17.8 Å². The summed E-state index contributed by atoms with van der Waals surface area (Å²) in [6.07, 6.45) is 6.08. The van der Waals surface area contributed by atoms with Crippen LogP contribution >= 0.6 is 0 Å². The maximum Gasteiger partial charge on any atom is 0.273 e. The first-order chi connectivity index (χ1) is 13.2. The fraction of sp³-hybridized carbons (Fsp3) is 0.300. The quantitative estimate of drug-likeness (QED) is 0.755. The Kier molecular flexibility index (Phi) is 4.91. The van der Waals surface area contributed by atoms with Crippen molar-refractivity contribution < 1.29 is 9.18 Å². The summed E-state index contributed by atoms with van der Waals surface area (Å²) in [5.41, 5.74) is 2.28. The average Bonchev–Trinajstić information content (AvgIpc) is 3.33. The van der Waals surface area contributed by atoms with Crippen LogP contribution in [0.3, 0.4) is 0 Å². The number of halogens is 1. The Morgan fingerprint density at radius 1 is 1.19 bits per heavy atom. The van der Waals surface area contributed by atoms with Crippen molar-refractivity contribution in [3.05, 3.63) is 77.6 Å². The number of aromatic nitrogens is 4. The zero-order valence-corrected chi connectivity index (χ0v) is 14.8. The molecule has 1 N–H and O–H groups in total. The van der Waals surface area contributed by atoms with Crippen LogP contribution in [0.15, 0.2) is 54.9 Å². The van der Waals surface area contributed by atoms with Gasteiger partial charge < -0.3 is 5.32 Å². The Bertz CT molecular complexity index is 910. The summed E-state index contributed by atoms with van der Waals surface area (Å²) in [7, 11) is 0. The number of nitrogens with one attached hydrogen (secondary N) is 1. The van der Waals surface area contributed by atoms with Crippen LogP contribution in [0, 0.1) is 5.82 Å². The van der Waals surface area contributed by atoms with Gasteiger partial charge in [-0.05, 0) is 55.0 Å². The topological polar surface area (TPSA) is 72.7 Å². The zero-order valence-electron chi connectivity index (χ0n) is 14.8. The van der Waals surface area contributed by atoms with E-state index in [0.29, 0.717) is 18.2 Å². The van der Waals surface area contributed by atoms with Gasteiger partial charge in [-0.1, -0.05) is 23.4 Å². The molecule has 4 rings (SSSR count). The first-order valence-corrected chi connectivity index (χ1v) is 9.04. The summed E-state index contributed by atoms with van der Waals surface area (Å²) in [5, 5.41) is 11.0. The molecule has 138 valence electrons. The first-order valence-electron chi connectivity index (χ1n) is 9.04. The van der Waals surface area contributed by atoms with Gasteiger partial charge in [-0.15, -0.1) is 5.10 Å². The molecule has 2 aromatic heterocycles. The Morgan fingerprint density at radius 3 is 2.81 bits per heavy atom. The molecular formula is C20H20FN5O. The lowest BCUT2D eigenvalue weighted by atomic mass is 9.97. The standard InChI is InChI=1S/C20H20FN5O/c21-16-7-4-14(5-8-16)15-6-9-17(11-15)23-20(27)19-13-26(25-24-19)12-18-3-1-2-10-22-18/h1-5,7-8,10,13,15,17H,6,9,11-12H2,(H,23,27). The van der Waals surface area contributed by atoms with Crippen LogP contribution in [-0.4, -0.2) is 31.9 Å². The Morgan fingerprint density at radius 2 is 2.04 bits per heavy atom. The van der Waals surface area contributed by atoms with Gasteiger partial charge in [0.25, 0.3) is 5.91 Å². The van der Waals surface area contributed by atoms with E-state index in [4.69, 9.17) is 0 Å². The minimum absolute atomic E-state index is 0.0912. The molecule has 2 atom stereocenters. The molecule has 0 spiro atoms. The van der Waals surface area contributed by atoms with Crippen molar-refractivity contribution >= 4 is 5.91 Å². The van der Waals surface area contributed by atoms with Crippen LogP contribution in [0.25, 0.3) is 0 Å². The molecule has 1 aromatic carbocycles. The second-order valence-corrected chi connectivity index (χ2v) is 6.85. The van der Waals surface area contributed by atoms with E-state index in [9.17, 15) is 9.18 Å². The van der Waals surface area contributed by atoms with E-state index in [1.165, 1.54) is 12.1 Å². The molecule has 6 nitrogen and oxygen atoms in total. The van der Waals surface area contributed by atoms with Crippen LogP contribution in [0.4, 0.5) is 4.39 Å². The Labute approximate surface area is 156 Å². The van der Waals surface area contributed by atoms with E-state index in [0.717, 1.165) is 30.5 Å². The maximum atomic E-state index is 13.1. The number of amides is 1. The summed E-state index contributed by atoms with van der Waals surface area (Å²) in [6.45, 7) is 0.469. The maximum absolute atomic E-state index is 13.1. The van der Waals surface area contributed by atoms with Gasteiger partial charge in [-0.25, -0.2) is 9.07 Å². The highest BCUT2D eigenvalue weighted by Crippen LogP contribution is 2.34. The molecule has 1 amide bonds. The van der Waals surface area contributed by atoms with Gasteiger partial charge in [-0.2, -0.15) is 0 Å². The summed E-state index contributed by atoms with van der Waals surface area (Å²) < 4.78 is 14.7. The van der Waals surface area contributed by atoms with Crippen molar-refractivity contribution in [2.24, 2.45) is 0 Å². The molecule has 1 fully saturated rings. The predicted octanol–water partition coefficient (Wildman–Crippen LogP) is 2.93. The zero-order chi connectivity index (χ0) is 18.6. The number of pyridine rings is 1. The smallest absolute Gasteiger partial charge is 0.273 e. The van der Waals surface area contributed by atoms with Gasteiger partial charge in [0.05, 0.1) is 18.4 Å². The molecule has 0 bridgehead atoms. The normalized spacial score (nSPS) is 19.1. The second kappa shape index (κ2) is 7.65. The van der Waals surface area contributed by atoms with Gasteiger partial charge in [0.2, 0.25) is 0 Å². The third-order valence-corrected chi connectivity index (χ3v) is 4.93. The average molecular weight is 365 g/mol. The lowest BCUT2D eigenvalue weighted by Crippen LogP contribution is -2.33. The molecule has 2 unspecified atom stereocenters. The SMILES string of the molecule is O=C(NC1CCC(c2ccc(F)cc2)C1)c1cn(Cc2ccccn2)nn1. The van der Waals surface area contributed by atoms with Gasteiger partial charge in [-0.3, -0.25) is 9.78 Å². The van der Waals surface area contributed by atoms with Crippen molar-refractivity contribution in [1.82, 2.24) is 25.3 Å². The lowest BCUT2D eigenvalue weighted by Gasteiger charge is -2.13. The van der Waals surface area contributed by atoms with Crippen LogP contribution in [0.1, 0.15) is 46.9 Å². The fourth-order valence-corrected chi connectivity index (χ4v) is 3.55. The number of hydrogen-bond acceptors (Lipinski definition) is 4.